The molecule has 0 fully saturated rings. The number of hydrogen-bond donors (Lipinski definition) is 2. The monoisotopic (exact) mass is 428 g/mol. The standard InChI is InChI=1S/C20H13ClN2O5S/c21-17-3-1-2-4-18(17)28-15-8-6-14(7-9-15)23-29(26,27)19-10-5-13(12-22)11-16(19)20(24)25/h1-11,23H,(H,24,25). The van der Waals surface area contributed by atoms with Gasteiger partial charge in [-0.15, -0.1) is 0 Å². The third kappa shape index (κ3) is 4.66. The first-order valence-electron chi connectivity index (χ1n) is 8.13. The van der Waals surface area contributed by atoms with E-state index in [1.54, 1.807) is 30.3 Å². The summed E-state index contributed by atoms with van der Waals surface area (Å²) in [6, 6.07) is 18.0. The van der Waals surface area contributed by atoms with Crippen LogP contribution < -0.4 is 9.46 Å². The Kier molecular flexibility index (Phi) is 5.73. The molecule has 0 unspecified atom stereocenters. The minimum Gasteiger partial charge on any atom is -0.478 e. The summed E-state index contributed by atoms with van der Waals surface area (Å²) in [7, 11) is -4.19. The van der Waals surface area contributed by atoms with Gasteiger partial charge in [0.05, 0.1) is 22.2 Å². The largest absolute Gasteiger partial charge is 0.478 e. The van der Waals surface area contributed by atoms with Crippen LogP contribution in [0.15, 0.2) is 71.6 Å². The van der Waals surface area contributed by atoms with E-state index in [0.29, 0.717) is 16.5 Å². The number of benzene rings is 3. The van der Waals surface area contributed by atoms with Crippen LogP contribution in [0.5, 0.6) is 11.5 Å². The minimum absolute atomic E-state index is 0.0439. The van der Waals surface area contributed by atoms with Gasteiger partial charge < -0.3 is 9.84 Å². The highest BCUT2D eigenvalue weighted by atomic mass is 35.5. The number of nitrogens with zero attached hydrogens (tertiary/aromatic N) is 1. The number of carboxylic acid groups (broad SMARTS) is 1. The molecule has 29 heavy (non-hydrogen) atoms. The predicted octanol–water partition coefficient (Wildman–Crippen LogP) is 4.50. The maximum Gasteiger partial charge on any atom is 0.337 e. The van der Waals surface area contributed by atoms with Gasteiger partial charge in [-0.05, 0) is 54.6 Å². The van der Waals surface area contributed by atoms with Gasteiger partial charge >= 0.3 is 5.97 Å². The average Bonchev–Trinajstić information content (AvgIpc) is 2.70. The molecular formula is C20H13ClN2O5S. The fourth-order valence-corrected chi connectivity index (χ4v) is 3.87. The van der Waals surface area contributed by atoms with Gasteiger partial charge in [0, 0.05) is 5.69 Å². The van der Waals surface area contributed by atoms with E-state index in [9.17, 15) is 18.3 Å². The lowest BCUT2D eigenvalue weighted by atomic mass is 10.1. The summed E-state index contributed by atoms with van der Waals surface area (Å²) in [6.45, 7) is 0. The number of carbonyl (C=O) groups is 1. The van der Waals surface area contributed by atoms with Crippen LogP contribution in [0.1, 0.15) is 15.9 Å². The third-order valence-corrected chi connectivity index (χ3v) is 5.55. The second kappa shape index (κ2) is 8.22. The Hall–Kier alpha value is -3.54. The third-order valence-electron chi connectivity index (χ3n) is 3.80. The number of sulfonamides is 1. The Bertz CT molecular complexity index is 1220. The van der Waals surface area contributed by atoms with Crippen LogP contribution in [0.3, 0.4) is 0 Å². The number of para-hydroxylation sites is 1. The molecular weight excluding hydrogens is 416 g/mol. The van der Waals surface area contributed by atoms with Crippen molar-refractivity contribution in [1.82, 2.24) is 0 Å². The summed E-state index contributed by atoms with van der Waals surface area (Å²) in [5, 5.41) is 18.6. The molecule has 0 atom stereocenters. The van der Waals surface area contributed by atoms with Crippen molar-refractivity contribution in [2.45, 2.75) is 4.90 Å². The molecule has 0 aromatic heterocycles. The molecule has 0 radical (unpaired) electrons. The number of aromatic carboxylic acids is 1. The van der Waals surface area contributed by atoms with E-state index in [4.69, 9.17) is 21.6 Å². The molecule has 0 aliphatic carbocycles. The minimum atomic E-state index is -4.19. The normalized spacial score (nSPS) is 10.8. The Morgan fingerprint density at radius 3 is 2.38 bits per heavy atom. The van der Waals surface area contributed by atoms with Crippen LogP contribution in [-0.4, -0.2) is 19.5 Å². The van der Waals surface area contributed by atoms with Crippen molar-refractivity contribution in [2.75, 3.05) is 4.72 Å². The number of nitriles is 1. The molecule has 3 aromatic rings. The lowest BCUT2D eigenvalue weighted by molar-refractivity contribution is 0.0692. The molecule has 3 rings (SSSR count). The molecule has 9 heteroatoms. The van der Waals surface area contributed by atoms with Crippen LogP contribution in [0.4, 0.5) is 5.69 Å². The number of nitrogens with one attached hydrogen (secondary N) is 1. The number of rotatable bonds is 6. The summed E-state index contributed by atoms with van der Waals surface area (Å²) >= 11 is 6.04. The molecule has 7 nitrogen and oxygen atoms in total. The first-order chi connectivity index (χ1) is 13.8. The van der Waals surface area contributed by atoms with E-state index < -0.39 is 26.5 Å². The van der Waals surface area contributed by atoms with Gasteiger partial charge in [0.15, 0.2) is 0 Å². The van der Waals surface area contributed by atoms with Crippen molar-refractivity contribution < 1.29 is 23.1 Å². The topological polar surface area (TPSA) is 116 Å². The van der Waals surface area contributed by atoms with Gasteiger partial charge in [-0.1, -0.05) is 23.7 Å². The highest BCUT2D eigenvalue weighted by molar-refractivity contribution is 7.92. The van der Waals surface area contributed by atoms with Gasteiger partial charge in [0.1, 0.15) is 16.4 Å². The zero-order valence-electron chi connectivity index (χ0n) is 14.7. The smallest absolute Gasteiger partial charge is 0.337 e. The zero-order chi connectivity index (χ0) is 21.0. The van der Waals surface area contributed by atoms with Crippen molar-refractivity contribution in [3.8, 4) is 17.6 Å². The molecule has 2 N–H and O–H groups in total. The zero-order valence-corrected chi connectivity index (χ0v) is 16.2. The number of ether oxygens (including phenoxy) is 1. The van der Waals surface area contributed by atoms with Crippen molar-refractivity contribution in [3.63, 3.8) is 0 Å². The van der Waals surface area contributed by atoms with Crippen molar-refractivity contribution in [2.24, 2.45) is 0 Å². The van der Waals surface area contributed by atoms with Gasteiger partial charge in [0.2, 0.25) is 0 Å². The van der Waals surface area contributed by atoms with Crippen LogP contribution in [0, 0.1) is 11.3 Å². The molecule has 0 bridgehead atoms. The van der Waals surface area contributed by atoms with Gasteiger partial charge in [-0.3, -0.25) is 4.72 Å². The second-order valence-electron chi connectivity index (χ2n) is 5.79. The van der Waals surface area contributed by atoms with E-state index in [0.717, 1.165) is 12.1 Å². The van der Waals surface area contributed by atoms with Crippen LogP contribution in [0.2, 0.25) is 5.02 Å². The predicted molar refractivity (Wildman–Crippen MR) is 107 cm³/mol. The molecule has 0 aliphatic rings. The fraction of sp³-hybridized carbons (Fsp3) is 0. The van der Waals surface area contributed by atoms with Gasteiger partial charge in [0.25, 0.3) is 10.0 Å². The highest BCUT2D eigenvalue weighted by Crippen LogP contribution is 2.30. The summed E-state index contributed by atoms with van der Waals surface area (Å²) in [6.07, 6.45) is 0. The lowest BCUT2D eigenvalue weighted by Gasteiger charge is -2.12. The molecule has 0 spiro atoms. The number of hydrogen-bond acceptors (Lipinski definition) is 5. The summed E-state index contributed by atoms with van der Waals surface area (Å²) < 4.78 is 33.2. The summed E-state index contributed by atoms with van der Waals surface area (Å²) in [4.78, 5) is 11.0. The molecule has 146 valence electrons. The quantitative estimate of drug-likeness (QED) is 0.596. The average molecular weight is 429 g/mol. The lowest BCUT2D eigenvalue weighted by Crippen LogP contribution is -2.17. The van der Waals surface area contributed by atoms with Gasteiger partial charge in [-0.2, -0.15) is 5.26 Å². The first kappa shape index (κ1) is 20.2. The van der Waals surface area contributed by atoms with Gasteiger partial charge in [-0.25, -0.2) is 13.2 Å². The second-order valence-corrected chi connectivity index (χ2v) is 7.85. The van der Waals surface area contributed by atoms with Crippen LogP contribution >= 0.6 is 11.6 Å². The Labute approximate surface area is 171 Å². The fourth-order valence-electron chi connectivity index (χ4n) is 2.46. The van der Waals surface area contributed by atoms with Crippen molar-refractivity contribution >= 4 is 33.3 Å². The number of carboxylic acids is 1. The Morgan fingerprint density at radius 1 is 1.07 bits per heavy atom. The highest BCUT2D eigenvalue weighted by Gasteiger charge is 2.23. The molecule has 3 aromatic carbocycles. The van der Waals surface area contributed by atoms with Crippen molar-refractivity contribution in [1.29, 1.82) is 5.26 Å². The van der Waals surface area contributed by atoms with E-state index in [2.05, 4.69) is 4.72 Å². The number of halogens is 1. The van der Waals surface area contributed by atoms with E-state index >= 15 is 0 Å². The van der Waals surface area contributed by atoms with E-state index in [1.165, 1.54) is 30.3 Å². The molecule has 0 amide bonds. The molecule has 0 saturated carbocycles. The van der Waals surface area contributed by atoms with E-state index in [-0.39, 0.29) is 11.3 Å². The molecule has 0 saturated heterocycles. The number of anilines is 1. The van der Waals surface area contributed by atoms with Crippen LogP contribution in [-0.2, 0) is 10.0 Å². The van der Waals surface area contributed by atoms with Crippen molar-refractivity contribution in [3.05, 3.63) is 82.9 Å². The Balaban J connectivity index is 1.84. The van der Waals surface area contributed by atoms with E-state index in [1.807, 2.05) is 0 Å². The SMILES string of the molecule is N#Cc1ccc(S(=O)(=O)Nc2ccc(Oc3ccccc3Cl)cc2)c(C(=O)O)c1. The Morgan fingerprint density at radius 2 is 1.76 bits per heavy atom. The maximum atomic E-state index is 12.6. The summed E-state index contributed by atoms with van der Waals surface area (Å²) in [5.41, 5.74) is -0.241. The first-order valence-corrected chi connectivity index (χ1v) is 9.99. The molecule has 0 aliphatic heterocycles. The molecule has 0 heterocycles. The summed E-state index contributed by atoms with van der Waals surface area (Å²) in [5.74, 6) is -0.567. The van der Waals surface area contributed by atoms with Crippen LogP contribution in [0.25, 0.3) is 0 Å². The maximum absolute atomic E-state index is 12.6.